The summed E-state index contributed by atoms with van der Waals surface area (Å²) in [6.45, 7) is 1.55. The smallest absolute Gasteiger partial charge is 0.302 e. The summed E-state index contributed by atoms with van der Waals surface area (Å²) >= 11 is 1.19. The minimum Gasteiger partial charge on any atom is -0.465 e. The number of nitrogens with one attached hydrogen (secondary N) is 1. The molecule has 0 aliphatic rings. The lowest BCUT2D eigenvalue weighted by Gasteiger charge is -2.08. The molecule has 0 aliphatic heterocycles. The maximum atomic E-state index is 12.7. The Kier molecular flexibility index (Phi) is 5.00. The van der Waals surface area contributed by atoms with E-state index in [2.05, 4.69) is 9.71 Å². The standard InChI is InChI=1S/C17H16N2O4S2/c1-12(20)23-10-9-14-11-24-17(18-14)19-25(21,22)16-8-4-6-13-5-2-3-7-15(13)16/h2-8,11H,9-10H2,1H3,(H,18,19). The molecule has 1 N–H and O–H groups in total. The third-order valence-electron chi connectivity index (χ3n) is 3.48. The highest BCUT2D eigenvalue weighted by Gasteiger charge is 2.18. The van der Waals surface area contributed by atoms with Crippen LogP contribution in [0.3, 0.4) is 0 Å². The second kappa shape index (κ2) is 7.20. The summed E-state index contributed by atoms with van der Waals surface area (Å²) in [7, 11) is -3.75. The molecule has 3 rings (SSSR count). The zero-order valence-corrected chi connectivity index (χ0v) is 15.1. The molecule has 0 bridgehead atoms. The predicted octanol–water partition coefficient (Wildman–Crippen LogP) is 3.20. The summed E-state index contributed by atoms with van der Waals surface area (Å²) in [6.07, 6.45) is 0.437. The van der Waals surface area contributed by atoms with Crippen LogP contribution in [-0.4, -0.2) is 26.0 Å². The van der Waals surface area contributed by atoms with Crippen molar-refractivity contribution >= 4 is 43.2 Å². The van der Waals surface area contributed by atoms with Gasteiger partial charge in [0, 0.05) is 24.1 Å². The summed E-state index contributed by atoms with van der Waals surface area (Å²) in [5, 5.41) is 3.53. The number of esters is 1. The Bertz CT molecular complexity index is 1010. The summed E-state index contributed by atoms with van der Waals surface area (Å²) in [4.78, 5) is 15.2. The van der Waals surface area contributed by atoms with E-state index >= 15 is 0 Å². The summed E-state index contributed by atoms with van der Waals surface area (Å²) < 4.78 is 32.8. The van der Waals surface area contributed by atoms with Crippen LogP contribution in [0, 0.1) is 0 Å². The molecule has 25 heavy (non-hydrogen) atoms. The molecule has 0 saturated carbocycles. The molecule has 3 aromatic rings. The van der Waals surface area contributed by atoms with Crippen molar-refractivity contribution in [1.29, 1.82) is 0 Å². The molecule has 8 heteroatoms. The van der Waals surface area contributed by atoms with Crippen molar-refractivity contribution in [1.82, 2.24) is 4.98 Å². The number of anilines is 1. The number of carbonyl (C=O) groups excluding carboxylic acids is 1. The van der Waals surface area contributed by atoms with Crippen LogP contribution in [0.5, 0.6) is 0 Å². The van der Waals surface area contributed by atoms with Crippen molar-refractivity contribution < 1.29 is 17.9 Å². The number of carbonyl (C=O) groups is 1. The third kappa shape index (κ3) is 4.15. The Morgan fingerprint density at radius 2 is 1.96 bits per heavy atom. The molecule has 0 unspecified atom stereocenters. The fourth-order valence-corrected chi connectivity index (χ4v) is 4.60. The maximum Gasteiger partial charge on any atom is 0.302 e. The van der Waals surface area contributed by atoms with E-state index in [1.54, 1.807) is 29.6 Å². The Labute approximate surface area is 149 Å². The van der Waals surface area contributed by atoms with E-state index in [0.717, 1.165) is 5.39 Å². The monoisotopic (exact) mass is 376 g/mol. The van der Waals surface area contributed by atoms with Gasteiger partial charge in [0.25, 0.3) is 10.0 Å². The molecule has 0 radical (unpaired) electrons. The number of nitrogens with zero attached hydrogens (tertiary/aromatic N) is 1. The normalized spacial score (nSPS) is 11.4. The van der Waals surface area contributed by atoms with Gasteiger partial charge < -0.3 is 4.74 Å². The molecular weight excluding hydrogens is 360 g/mol. The van der Waals surface area contributed by atoms with Crippen molar-refractivity contribution in [3.8, 4) is 0 Å². The Balaban J connectivity index is 1.80. The van der Waals surface area contributed by atoms with Crippen molar-refractivity contribution in [3.63, 3.8) is 0 Å². The zero-order valence-electron chi connectivity index (χ0n) is 13.4. The molecule has 0 aliphatic carbocycles. The first-order valence-corrected chi connectivity index (χ1v) is 9.90. The van der Waals surface area contributed by atoms with Crippen LogP contribution in [0.4, 0.5) is 5.13 Å². The van der Waals surface area contributed by atoms with Gasteiger partial charge in [0.1, 0.15) is 0 Å². The molecule has 130 valence electrons. The van der Waals surface area contributed by atoms with Crippen LogP contribution >= 0.6 is 11.3 Å². The number of sulfonamides is 1. The Morgan fingerprint density at radius 3 is 2.76 bits per heavy atom. The molecule has 0 atom stereocenters. The van der Waals surface area contributed by atoms with Gasteiger partial charge in [-0.2, -0.15) is 0 Å². The lowest BCUT2D eigenvalue weighted by Crippen LogP contribution is -2.13. The van der Waals surface area contributed by atoms with Gasteiger partial charge in [-0.1, -0.05) is 36.4 Å². The number of rotatable bonds is 6. The first-order valence-electron chi connectivity index (χ1n) is 7.54. The van der Waals surface area contributed by atoms with Crippen molar-refractivity contribution in [2.75, 3.05) is 11.3 Å². The number of benzene rings is 2. The fourth-order valence-electron chi connectivity index (χ4n) is 2.37. The minimum absolute atomic E-state index is 0.210. The van der Waals surface area contributed by atoms with Gasteiger partial charge in [0.15, 0.2) is 5.13 Å². The average molecular weight is 376 g/mol. The SMILES string of the molecule is CC(=O)OCCc1csc(NS(=O)(=O)c2cccc3ccccc23)n1. The highest BCUT2D eigenvalue weighted by atomic mass is 32.2. The molecule has 1 heterocycles. The molecule has 1 aromatic heterocycles. The van der Waals surface area contributed by atoms with Crippen LogP contribution in [0.15, 0.2) is 52.7 Å². The zero-order chi connectivity index (χ0) is 17.9. The predicted molar refractivity (Wildman–Crippen MR) is 97.2 cm³/mol. The average Bonchev–Trinajstić information content (AvgIpc) is 3.00. The van der Waals surface area contributed by atoms with Crippen molar-refractivity contribution in [2.24, 2.45) is 0 Å². The van der Waals surface area contributed by atoms with Gasteiger partial charge in [-0.05, 0) is 11.5 Å². The molecule has 0 saturated heterocycles. The fraction of sp³-hybridized carbons (Fsp3) is 0.176. The van der Waals surface area contributed by atoms with Gasteiger partial charge in [-0.3, -0.25) is 9.52 Å². The van der Waals surface area contributed by atoms with Crippen LogP contribution < -0.4 is 4.72 Å². The first-order chi connectivity index (χ1) is 12.0. The Morgan fingerprint density at radius 1 is 1.20 bits per heavy atom. The number of hydrogen-bond acceptors (Lipinski definition) is 6. The van der Waals surface area contributed by atoms with E-state index in [-0.39, 0.29) is 22.6 Å². The quantitative estimate of drug-likeness (QED) is 0.668. The summed E-state index contributed by atoms with van der Waals surface area (Å²) in [5.74, 6) is -0.355. The number of fused-ring (bicyclic) bond motifs is 1. The number of hydrogen-bond donors (Lipinski definition) is 1. The summed E-state index contributed by atoms with van der Waals surface area (Å²) in [6, 6.07) is 12.5. The van der Waals surface area contributed by atoms with E-state index < -0.39 is 10.0 Å². The maximum absolute atomic E-state index is 12.7. The highest BCUT2D eigenvalue weighted by Crippen LogP contribution is 2.26. The lowest BCUT2D eigenvalue weighted by atomic mass is 10.1. The first kappa shape index (κ1) is 17.4. The molecule has 0 amide bonds. The second-order valence-corrected chi connectivity index (χ2v) is 7.83. The minimum atomic E-state index is -3.75. The van der Waals surface area contributed by atoms with Crippen LogP contribution in [0.1, 0.15) is 12.6 Å². The van der Waals surface area contributed by atoms with Gasteiger partial charge >= 0.3 is 5.97 Å². The lowest BCUT2D eigenvalue weighted by molar-refractivity contribution is -0.140. The number of aromatic nitrogens is 1. The topological polar surface area (TPSA) is 85.4 Å². The highest BCUT2D eigenvalue weighted by molar-refractivity contribution is 7.93. The van der Waals surface area contributed by atoms with Crippen molar-refractivity contribution in [2.45, 2.75) is 18.2 Å². The van der Waals surface area contributed by atoms with Crippen LogP contribution in [-0.2, 0) is 26.0 Å². The molecule has 0 fully saturated rings. The molecular formula is C17H16N2O4S2. The third-order valence-corrected chi connectivity index (χ3v) is 5.81. The van der Waals surface area contributed by atoms with E-state index in [9.17, 15) is 13.2 Å². The molecule has 6 nitrogen and oxygen atoms in total. The van der Waals surface area contributed by atoms with E-state index in [0.29, 0.717) is 17.5 Å². The second-order valence-electron chi connectivity index (χ2n) is 5.32. The van der Waals surface area contributed by atoms with E-state index in [1.807, 2.05) is 18.2 Å². The Hall–Kier alpha value is -2.45. The molecule has 2 aromatic carbocycles. The van der Waals surface area contributed by atoms with E-state index in [1.165, 1.54) is 18.3 Å². The van der Waals surface area contributed by atoms with Crippen LogP contribution in [0.25, 0.3) is 10.8 Å². The summed E-state index contributed by atoms with van der Waals surface area (Å²) in [5.41, 5.74) is 0.668. The number of thiazole rings is 1. The van der Waals surface area contributed by atoms with Crippen molar-refractivity contribution in [3.05, 3.63) is 53.5 Å². The van der Waals surface area contributed by atoms with Gasteiger partial charge in [0.05, 0.1) is 17.2 Å². The van der Waals surface area contributed by atoms with Crippen LogP contribution in [0.2, 0.25) is 0 Å². The van der Waals surface area contributed by atoms with Gasteiger partial charge in [-0.25, -0.2) is 13.4 Å². The molecule has 0 spiro atoms. The van der Waals surface area contributed by atoms with Gasteiger partial charge in [-0.15, -0.1) is 11.3 Å². The number of ether oxygens (including phenoxy) is 1. The van der Waals surface area contributed by atoms with E-state index in [4.69, 9.17) is 4.74 Å². The largest absolute Gasteiger partial charge is 0.465 e. The van der Waals surface area contributed by atoms with Gasteiger partial charge in [0.2, 0.25) is 0 Å².